The van der Waals surface area contributed by atoms with Crippen molar-refractivity contribution in [2.24, 2.45) is 0 Å². The summed E-state index contributed by atoms with van der Waals surface area (Å²) < 4.78 is 4.22. The van der Waals surface area contributed by atoms with Crippen molar-refractivity contribution >= 4 is 11.5 Å². The van der Waals surface area contributed by atoms with Crippen LogP contribution in [0.3, 0.4) is 0 Å². The number of benzene rings is 1. The third-order valence-corrected chi connectivity index (χ3v) is 6.06. The molecular weight excluding hydrogens is 374 g/mol. The van der Waals surface area contributed by atoms with E-state index in [0.29, 0.717) is 19.6 Å². The van der Waals surface area contributed by atoms with Crippen LogP contribution < -0.4 is 0 Å². The van der Waals surface area contributed by atoms with Crippen LogP contribution in [-0.2, 0) is 13.1 Å². The van der Waals surface area contributed by atoms with Gasteiger partial charge in [-0.15, -0.1) is 0 Å². The predicted molar refractivity (Wildman–Crippen MR) is 118 cm³/mol. The second kappa shape index (κ2) is 7.41. The molecule has 5 nitrogen and oxygen atoms in total. The molecule has 3 aromatic rings. The van der Waals surface area contributed by atoms with Crippen molar-refractivity contribution in [3.05, 3.63) is 89.5 Å². The van der Waals surface area contributed by atoms with Crippen molar-refractivity contribution in [1.29, 1.82) is 0 Å². The maximum absolute atomic E-state index is 13.5. The van der Waals surface area contributed by atoms with Crippen LogP contribution in [0.4, 0.5) is 0 Å². The highest BCUT2D eigenvalue weighted by atomic mass is 16.3. The number of aromatic hydroxyl groups is 1. The summed E-state index contributed by atoms with van der Waals surface area (Å²) in [5, 5.41) is 9.78. The molecule has 0 bridgehead atoms. The molecule has 0 saturated carbocycles. The zero-order chi connectivity index (χ0) is 20.7. The summed E-state index contributed by atoms with van der Waals surface area (Å²) in [6.07, 6.45) is 10.1. The number of fused-ring (bicyclic) bond motifs is 1. The number of hydrogen-bond acceptors (Lipinski definition) is 2. The highest BCUT2D eigenvalue weighted by molar-refractivity contribution is 5.97. The van der Waals surface area contributed by atoms with Crippen LogP contribution in [-0.4, -0.2) is 31.6 Å². The fourth-order valence-corrected chi connectivity index (χ4v) is 4.51. The summed E-state index contributed by atoms with van der Waals surface area (Å²) in [7, 11) is 0. The van der Waals surface area contributed by atoms with Crippen molar-refractivity contribution in [2.75, 3.05) is 6.54 Å². The first kappa shape index (κ1) is 18.6. The van der Waals surface area contributed by atoms with E-state index in [1.165, 1.54) is 5.57 Å². The molecule has 1 aromatic carbocycles. The van der Waals surface area contributed by atoms with E-state index in [-0.39, 0.29) is 11.7 Å². The second-order valence-corrected chi connectivity index (χ2v) is 7.97. The van der Waals surface area contributed by atoms with E-state index in [0.717, 1.165) is 41.2 Å². The molecule has 152 valence electrons. The number of allylic oxidation sites excluding steroid dienone is 4. The number of amides is 1. The summed E-state index contributed by atoms with van der Waals surface area (Å²) >= 11 is 0. The summed E-state index contributed by atoms with van der Waals surface area (Å²) in [5.74, 6) is 0.299. The molecule has 1 aliphatic carbocycles. The lowest BCUT2D eigenvalue weighted by Gasteiger charge is -2.28. The summed E-state index contributed by atoms with van der Waals surface area (Å²) in [5.41, 5.74) is 6.07. The number of carbonyl (C=O) groups excluding carboxylic acids is 1. The van der Waals surface area contributed by atoms with Crippen molar-refractivity contribution in [3.8, 4) is 11.4 Å². The van der Waals surface area contributed by atoms with Crippen LogP contribution >= 0.6 is 0 Å². The van der Waals surface area contributed by atoms with Gasteiger partial charge < -0.3 is 19.1 Å². The van der Waals surface area contributed by atoms with Crippen molar-refractivity contribution in [1.82, 2.24) is 14.0 Å². The van der Waals surface area contributed by atoms with E-state index >= 15 is 0 Å². The topological polar surface area (TPSA) is 50.4 Å². The molecule has 0 atom stereocenters. The minimum Gasteiger partial charge on any atom is -0.506 e. The summed E-state index contributed by atoms with van der Waals surface area (Å²) in [4.78, 5) is 15.4. The second-order valence-electron chi connectivity index (χ2n) is 7.97. The minimum absolute atomic E-state index is 0.0438. The molecule has 0 spiro atoms. The van der Waals surface area contributed by atoms with Gasteiger partial charge in [-0.05, 0) is 43.5 Å². The Morgan fingerprint density at radius 2 is 1.93 bits per heavy atom. The quantitative estimate of drug-likeness (QED) is 0.695. The third kappa shape index (κ3) is 3.16. The van der Waals surface area contributed by atoms with Crippen LogP contribution in [0.1, 0.15) is 40.3 Å². The number of aromatic nitrogens is 2. The standard InChI is InChI=1S/C25H25N3O2/c1-18-23(25(30)27-13-12-26-17-22(29)14-21(26)16-27)15-24(19-8-4-2-5-9-19)28(18)20-10-6-3-7-11-20/h2-4,6-8,10-11,14-15,17,29H,5,9,12-13,16H2,1H3. The fraction of sp³-hybridized carbons (Fsp3) is 0.240. The Labute approximate surface area is 176 Å². The molecule has 0 unspecified atom stereocenters. The molecule has 5 rings (SSSR count). The Morgan fingerprint density at radius 1 is 1.10 bits per heavy atom. The maximum atomic E-state index is 13.5. The van der Waals surface area contributed by atoms with Gasteiger partial charge in [0.15, 0.2) is 0 Å². The first-order valence-electron chi connectivity index (χ1n) is 10.4. The molecule has 3 heterocycles. The molecule has 0 radical (unpaired) electrons. The van der Waals surface area contributed by atoms with Crippen molar-refractivity contribution < 1.29 is 9.90 Å². The number of hydrogen-bond donors (Lipinski definition) is 1. The molecule has 1 aliphatic heterocycles. The minimum atomic E-state index is 0.0438. The Kier molecular flexibility index (Phi) is 4.58. The van der Waals surface area contributed by atoms with Crippen LogP contribution in [0.5, 0.6) is 5.75 Å². The van der Waals surface area contributed by atoms with E-state index in [2.05, 4.69) is 41.0 Å². The predicted octanol–water partition coefficient (Wildman–Crippen LogP) is 4.68. The first-order chi connectivity index (χ1) is 14.6. The third-order valence-electron chi connectivity index (χ3n) is 6.06. The monoisotopic (exact) mass is 399 g/mol. The van der Waals surface area contributed by atoms with E-state index in [1.807, 2.05) is 34.6 Å². The SMILES string of the molecule is Cc1c(C(=O)N2CCn3cc(O)cc3C2)cc(C2=CC=CCC2)n1-c1ccccc1. The van der Waals surface area contributed by atoms with E-state index in [4.69, 9.17) is 0 Å². The average molecular weight is 399 g/mol. The van der Waals surface area contributed by atoms with Gasteiger partial charge in [-0.3, -0.25) is 4.79 Å². The average Bonchev–Trinajstić information content (AvgIpc) is 3.32. The number of carbonyl (C=O) groups is 1. The first-order valence-corrected chi connectivity index (χ1v) is 10.4. The molecule has 0 fully saturated rings. The van der Waals surface area contributed by atoms with Crippen LogP contribution in [0.25, 0.3) is 11.3 Å². The van der Waals surface area contributed by atoms with Gasteiger partial charge in [0, 0.05) is 48.1 Å². The van der Waals surface area contributed by atoms with Gasteiger partial charge in [0.2, 0.25) is 0 Å². The molecule has 5 heteroatoms. The van der Waals surface area contributed by atoms with E-state index in [1.54, 1.807) is 12.3 Å². The molecule has 30 heavy (non-hydrogen) atoms. The van der Waals surface area contributed by atoms with Gasteiger partial charge in [0.1, 0.15) is 5.75 Å². The van der Waals surface area contributed by atoms with Crippen LogP contribution in [0.2, 0.25) is 0 Å². The van der Waals surface area contributed by atoms with Gasteiger partial charge in [-0.2, -0.15) is 0 Å². The van der Waals surface area contributed by atoms with Crippen LogP contribution in [0, 0.1) is 6.92 Å². The lowest BCUT2D eigenvalue weighted by atomic mass is 10.0. The van der Waals surface area contributed by atoms with E-state index in [9.17, 15) is 9.90 Å². The van der Waals surface area contributed by atoms with Crippen molar-refractivity contribution in [2.45, 2.75) is 32.9 Å². The molecule has 1 N–H and O–H groups in total. The number of rotatable bonds is 3. The highest BCUT2D eigenvalue weighted by Crippen LogP contribution is 2.32. The molecule has 2 aromatic heterocycles. The van der Waals surface area contributed by atoms with Gasteiger partial charge in [-0.25, -0.2) is 0 Å². The Hall–Kier alpha value is -3.47. The Balaban J connectivity index is 1.56. The van der Waals surface area contributed by atoms with Crippen LogP contribution in [0.15, 0.2) is 66.9 Å². The molecular formula is C25H25N3O2. The van der Waals surface area contributed by atoms with Crippen molar-refractivity contribution in [3.63, 3.8) is 0 Å². The maximum Gasteiger partial charge on any atom is 0.256 e. The molecule has 1 amide bonds. The Morgan fingerprint density at radius 3 is 2.70 bits per heavy atom. The largest absolute Gasteiger partial charge is 0.506 e. The van der Waals surface area contributed by atoms with Gasteiger partial charge >= 0.3 is 0 Å². The summed E-state index contributed by atoms with van der Waals surface area (Å²) in [6, 6.07) is 14.0. The molecule has 2 aliphatic rings. The van der Waals surface area contributed by atoms with Gasteiger partial charge in [0.05, 0.1) is 12.1 Å². The lowest BCUT2D eigenvalue weighted by Crippen LogP contribution is -2.38. The molecule has 0 saturated heterocycles. The zero-order valence-electron chi connectivity index (χ0n) is 17.1. The lowest BCUT2D eigenvalue weighted by molar-refractivity contribution is 0.0710. The fourth-order valence-electron chi connectivity index (χ4n) is 4.51. The van der Waals surface area contributed by atoms with Gasteiger partial charge in [0.25, 0.3) is 5.91 Å². The number of para-hydroxylation sites is 1. The number of nitrogens with zero attached hydrogens (tertiary/aromatic N) is 3. The normalized spacial score (nSPS) is 15.8. The van der Waals surface area contributed by atoms with E-state index < -0.39 is 0 Å². The smallest absolute Gasteiger partial charge is 0.256 e. The summed E-state index contributed by atoms with van der Waals surface area (Å²) in [6.45, 7) is 3.87. The Bertz CT molecular complexity index is 1160. The highest BCUT2D eigenvalue weighted by Gasteiger charge is 2.27. The van der Waals surface area contributed by atoms with Gasteiger partial charge in [-0.1, -0.05) is 36.4 Å². The zero-order valence-corrected chi connectivity index (χ0v) is 17.1.